The second kappa shape index (κ2) is 7.41. The van der Waals surface area contributed by atoms with Gasteiger partial charge in [-0.15, -0.1) is 0 Å². The molecule has 1 aromatic carbocycles. The lowest BCUT2D eigenvalue weighted by Crippen LogP contribution is -2.40. The minimum Gasteiger partial charge on any atom is -0.347 e. The van der Waals surface area contributed by atoms with Crippen LogP contribution in [-0.2, 0) is 11.2 Å². The molecule has 26 heavy (non-hydrogen) atoms. The quantitative estimate of drug-likeness (QED) is 0.755. The van der Waals surface area contributed by atoms with Crippen LogP contribution >= 0.6 is 11.3 Å². The van der Waals surface area contributed by atoms with Crippen LogP contribution in [0.4, 0.5) is 10.8 Å². The molecule has 1 saturated heterocycles. The van der Waals surface area contributed by atoms with E-state index in [1.54, 1.807) is 17.5 Å². The Morgan fingerprint density at radius 3 is 3.04 bits per heavy atom. The van der Waals surface area contributed by atoms with Gasteiger partial charge in [0.15, 0.2) is 5.13 Å². The first-order chi connectivity index (χ1) is 12.7. The van der Waals surface area contributed by atoms with Gasteiger partial charge in [0.25, 0.3) is 0 Å². The number of anilines is 2. The van der Waals surface area contributed by atoms with E-state index in [1.807, 2.05) is 30.3 Å². The number of nitrogens with one attached hydrogen (secondary N) is 1. The molecule has 1 N–H and O–H groups in total. The largest absolute Gasteiger partial charge is 0.347 e. The number of hydrogen-bond donors (Lipinski definition) is 1. The number of aromatic nitrogens is 2. The van der Waals surface area contributed by atoms with Gasteiger partial charge in [-0.25, -0.2) is 9.97 Å². The summed E-state index contributed by atoms with van der Waals surface area (Å²) in [5.74, 6) is 0.0865. The number of carbonyl (C=O) groups excluding carboxylic acids is 1. The van der Waals surface area contributed by atoms with E-state index >= 15 is 0 Å². The first kappa shape index (κ1) is 17.0. The van der Waals surface area contributed by atoms with Crippen molar-refractivity contribution >= 4 is 38.4 Å². The summed E-state index contributed by atoms with van der Waals surface area (Å²) in [6, 6.07) is 11.9. The van der Waals surface area contributed by atoms with Crippen molar-refractivity contribution in [3.05, 3.63) is 48.2 Å². The van der Waals surface area contributed by atoms with Gasteiger partial charge in [-0.05, 0) is 43.0 Å². The van der Waals surface area contributed by atoms with Crippen LogP contribution in [0.1, 0.15) is 25.3 Å². The normalized spacial score (nSPS) is 17.4. The van der Waals surface area contributed by atoms with Crippen LogP contribution in [0.3, 0.4) is 0 Å². The maximum atomic E-state index is 12.8. The van der Waals surface area contributed by atoms with Gasteiger partial charge in [-0.1, -0.05) is 36.5 Å². The predicted molar refractivity (Wildman–Crippen MR) is 107 cm³/mol. The topological polar surface area (TPSA) is 58.1 Å². The Balaban J connectivity index is 1.48. The number of nitrogens with zero attached hydrogens (tertiary/aromatic N) is 3. The Morgan fingerprint density at radius 2 is 2.19 bits per heavy atom. The number of hydrogen-bond acceptors (Lipinski definition) is 5. The van der Waals surface area contributed by atoms with Crippen LogP contribution in [0.25, 0.3) is 10.3 Å². The van der Waals surface area contributed by atoms with Gasteiger partial charge in [0, 0.05) is 25.0 Å². The smallest absolute Gasteiger partial charge is 0.229 e. The Bertz CT molecular complexity index is 890. The van der Waals surface area contributed by atoms with Crippen molar-refractivity contribution in [1.82, 2.24) is 9.97 Å². The van der Waals surface area contributed by atoms with Gasteiger partial charge in [-0.3, -0.25) is 4.79 Å². The van der Waals surface area contributed by atoms with Crippen molar-refractivity contribution in [3.63, 3.8) is 0 Å². The van der Waals surface area contributed by atoms with Gasteiger partial charge >= 0.3 is 0 Å². The molecule has 0 radical (unpaired) electrons. The van der Waals surface area contributed by atoms with Crippen molar-refractivity contribution in [2.24, 2.45) is 5.92 Å². The van der Waals surface area contributed by atoms with Gasteiger partial charge in [0.1, 0.15) is 10.3 Å². The van der Waals surface area contributed by atoms with Gasteiger partial charge in [0.05, 0.1) is 5.92 Å². The van der Waals surface area contributed by atoms with E-state index in [0.29, 0.717) is 6.54 Å². The molecular weight excluding hydrogens is 344 g/mol. The van der Waals surface area contributed by atoms with Crippen LogP contribution in [-0.4, -0.2) is 29.0 Å². The number of pyridine rings is 1. The van der Waals surface area contributed by atoms with Gasteiger partial charge in [0.2, 0.25) is 5.91 Å². The molecule has 1 unspecified atom stereocenters. The average molecular weight is 366 g/mol. The van der Waals surface area contributed by atoms with E-state index in [0.717, 1.165) is 47.0 Å². The number of carbonyl (C=O) groups is 1. The maximum Gasteiger partial charge on any atom is 0.229 e. The Morgan fingerprint density at radius 1 is 1.31 bits per heavy atom. The maximum absolute atomic E-state index is 12.8. The van der Waals surface area contributed by atoms with Crippen LogP contribution in [0.5, 0.6) is 0 Å². The number of para-hydroxylation sites is 1. The van der Waals surface area contributed by atoms with Crippen LogP contribution in [0, 0.1) is 5.92 Å². The monoisotopic (exact) mass is 366 g/mol. The molecule has 3 aromatic rings. The summed E-state index contributed by atoms with van der Waals surface area (Å²) in [5.41, 5.74) is 3.03. The Kier molecular flexibility index (Phi) is 4.84. The zero-order valence-corrected chi connectivity index (χ0v) is 15.6. The summed E-state index contributed by atoms with van der Waals surface area (Å²) < 4.78 is 0. The number of benzene rings is 1. The highest BCUT2D eigenvalue weighted by Crippen LogP contribution is 2.30. The minimum atomic E-state index is -0.0198. The molecule has 134 valence electrons. The first-order valence-corrected chi connectivity index (χ1v) is 9.91. The predicted octanol–water partition coefficient (Wildman–Crippen LogP) is 4.11. The molecule has 6 heteroatoms. The first-order valence-electron chi connectivity index (χ1n) is 9.10. The highest BCUT2D eigenvalue weighted by Gasteiger charge is 2.27. The van der Waals surface area contributed by atoms with Crippen molar-refractivity contribution in [2.75, 3.05) is 23.3 Å². The molecule has 5 nitrogen and oxygen atoms in total. The number of rotatable bonds is 4. The molecule has 1 fully saturated rings. The zero-order valence-electron chi connectivity index (χ0n) is 14.8. The standard InChI is InChI=1S/C20H22N4OS/c1-2-14-7-3-4-9-16(14)22-18(25)15-8-6-12-24(13-15)20-23-17-10-5-11-21-19(17)26-20/h3-5,7,9-11,15H,2,6,8,12-13H2,1H3,(H,22,25). The van der Waals surface area contributed by atoms with Crippen LogP contribution in [0.2, 0.25) is 0 Å². The van der Waals surface area contributed by atoms with Crippen molar-refractivity contribution in [3.8, 4) is 0 Å². The van der Waals surface area contributed by atoms with E-state index in [4.69, 9.17) is 4.98 Å². The lowest BCUT2D eigenvalue weighted by Gasteiger charge is -2.31. The van der Waals surface area contributed by atoms with Crippen LogP contribution < -0.4 is 10.2 Å². The van der Waals surface area contributed by atoms with E-state index < -0.39 is 0 Å². The second-order valence-electron chi connectivity index (χ2n) is 6.61. The molecule has 3 heterocycles. The molecule has 0 aliphatic carbocycles. The number of amides is 1. The number of aryl methyl sites for hydroxylation is 1. The molecule has 0 bridgehead atoms. The Hall–Kier alpha value is -2.47. The number of thiazole rings is 1. The summed E-state index contributed by atoms with van der Waals surface area (Å²) in [5, 5.41) is 4.10. The zero-order chi connectivity index (χ0) is 17.9. The molecular formula is C20H22N4OS. The fourth-order valence-electron chi connectivity index (χ4n) is 3.44. The van der Waals surface area contributed by atoms with E-state index in [2.05, 4.69) is 28.2 Å². The van der Waals surface area contributed by atoms with E-state index in [1.165, 1.54) is 5.56 Å². The Labute approximate surface area is 157 Å². The SMILES string of the molecule is CCc1ccccc1NC(=O)C1CCCN(c2nc3cccnc3s2)C1. The molecule has 4 rings (SSSR count). The van der Waals surface area contributed by atoms with Crippen LogP contribution in [0.15, 0.2) is 42.6 Å². The van der Waals surface area contributed by atoms with Gasteiger partial charge in [-0.2, -0.15) is 0 Å². The fourth-order valence-corrected chi connectivity index (χ4v) is 4.39. The third kappa shape index (κ3) is 3.42. The lowest BCUT2D eigenvalue weighted by molar-refractivity contribution is -0.120. The van der Waals surface area contributed by atoms with E-state index in [9.17, 15) is 4.79 Å². The molecule has 1 aliphatic rings. The lowest BCUT2D eigenvalue weighted by atomic mass is 9.97. The third-order valence-corrected chi connectivity index (χ3v) is 5.91. The number of piperidine rings is 1. The summed E-state index contributed by atoms with van der Waals surface area (Å²) >= 11 is 1.60. The fraction of sp³-hybridized carbons (Fsp3) is 0.350. The van der Waals surface area contributed by atoms with Gasteiger partial charge < -0.3 is 10.2 Å². The highest BCUT2D eigenvalue weighted by atomic mass is 32.1. The molecule has 2 aromatic heterocycles. The van der Waals surface area contributed by atoms with E-state index in [-0.39, 0.29) is 11.8 Å². The highest BCUT2D eigenvalue weighted by molar-refractivity contribution is 7.21. The second-order valence-corrected chi connectivity index (χ2v) is 7.57. The minimum absolute atomic E-state index is 0.0198. The van der Waals surface area contributed by atoms with Crippen molar-refractivity contribution in [2.45, 2.75) is 26.2 Å². The molecule has 1 amide bonds. The molecule has 1 atom stereocenters. The summed E-state index contributed by atoms with van der Waals surface area (Å²) in [7, 11) is 0. The summed E-state index contributed by atoms with van der Waals surface area (Å²) in [4.78, 5) is 25.1. The molecule has 0 saturated carbocycles. The van der Waals surface area contributed by atoms with Crippen molar-refractivity contribution in [1.29, 1.82) is 0 Å². The third-order valence-electron chi connectivity index (χ3n) is 4.87. The molecule has 1 aliphatic heterocycles. The summed E-state index contributed by atoms with van der Waals surface area (Å²) in [6.07, 6.45) is 4.62. The number of fused-ring (bicyclic) bond motifs is 1. The summed E-state index contributed by atoms with van der Waals surface area (Å²) in [6.45, 7) is 3.75. The van der Waals surface area contributed by atoms with Crippen molar-refractivity contribution < 1.29 is 4.79 Å². The molecule has 0 spiro atoms. The average Bonchev–Trinajstić information content (AvgIpc) is 3.13.